The van der Waals surface area contributed by atoms with Crippen molar-refractivity contribution in [3.05, 3.63) is 119 Å². The number of nitrogens with one attached hydrogen (secondary N) is 2. The normalized spacial score (nSPS) is 13.4. The van der Waals surface area contributed by atoms with E-state index >= 15 is 0 Å². The summed E-state index contributed by atoms with van der Waals surface area (Å²) < 4.78 is 21.5. The molecule has 0 aliphatic rings. The molecular weight excluding hydrogens is 672 g/mol. The minimum atomic E-state index is -1.74. The molecule has 0 aromatic heterocycles. The van der Waals surface area contributed by atoms with Crippen molar-refractivity contribution in [1.29, 1.82) is 0 Å². The van der Waals surface area contributed by atoms with Gasteiger partial charge in [0.2, 0.25) is 11.8 Å². The molecule has 4 aromatic carbocycles. The van der Waals surface area contributed by atoms with Crippen molar-refractivity contribution in [2.45, 2.75) is 71.2 Å². The summed E-state index contributed by atoms with van der Waals surface area (Å²) >= 11 is 0. The second-order valence-electron chi connectivity index (χ2n) is 15.4. The second kappa shape index (κ2) is 16.3. The van der Waals surface area contributed by atoms with Gasteiger partial charge in [0.15, 0.2) is 0 Å². The van der Waals surface area contributed by atoms with E-state index in [4.69, 9.17) is 18.9 Å². The summed E-state index contributed by atoms with van der Waals surface area (Å²) in [7, 11) is 6.25. The lowest BCUT2D eigenvalue weighted by Crippen LogP contribution is -2.60. The highest BCUT2D eigenvalue weighted by Gasteiger charge is 2.49. The van der Waals surface area contributed by atoms with Crippen LogP contribution in [0.1, 0.15) is 70.2 Å². The molecule has 4 aromatic rings. The van der Waals surface area contributed by atoms with E-state index in [-0.39, 0.29) is 0 Å². The molecule has 4 rings (SSSR count). The molecule has 2 amide bonds. The smallest absolute Gasteiger partial charge is 0.229 e. The molecule has 10 nitrogen and oxygen atoms in total. The maximum absolute atomic E-state index is 14.0. The van der Waals surface area contributed by atoms with Gasteiger partial charge in [-0.05, 0) is 81.6 Å². The van der Waals surface area contributed by atoms with Crippen LogP contribution < -0.4 is 29.6 Å². The number of rotatable bonds is 14. The third-order valence-electron chi connectivity index (χ3n) is 9.62. The van der Waals surface area contributed by atoms with Crippen LogP contribution in [-0.2, 0) is 20.8 Å². The Bertz CT molecular complexity index is 1580. The second-order valence-corrected chi connectivity index (χ2v) is 15.4. The molecule has 10 heteroatoms. The predicted octanol–water partition coefficient (Wildman–Crippen LogP) is 6.34. The molecule has 0 saturated carbocycles. The lowest BCUT2D eigenvalue weighted by Gasteiger charge is -2.45. The van der Waals surface area contributed by atoms with E-state index in [0.29, 0.717) is 45.3 Å². The number of carbonyl (C=O) groups excluding carboxylic acids is 2. The molecular formula is C43H54N2O8. The van der Waals surface area contributed by atoms with Gasteiger partial charge >= 0.3 is 0 Å². The van der Waals surface area contributed by atoms with Crippen molar-refractivity contribution in [3.63, 3.8) is 0 Å². The highest BCUT2D eigenvalue weighted by molar-refractivity contribution is 5.97. The molecule has 0 unspecified atom stereocenters. The topological polar surface area (TPSA) is 136 Å². The van der Waals surface area contributed by atoms with Gasteiger partial charge in [-0.3, -0.25) is 9.59 Å². The molecule has 53 heavy (non-hydrogen) atoms. The minimum Gasteiger partial charge on any atom is -0.497 e. The number of amides is 2. The number of hydrogen-bond acceptors (Lipinski definition) is 8. The summed E-state index contributed by atoms with van der Waals surface area (Å²) in [5, 5.41) is 31.6. The Morgan fingerprint density at radius 2 is 0.679 bits per heavy atom. The maximum atomic E-state index is 14.0. The van der Waals surface area contributed by atoms with Crippen LogP contribution in [0.4, 0.5) is 0 Å². The quantitative estimate of drug-likeness (QED) is 0.111. The Kier molecular flexibility index (Phi) is 12.5. The van der Waals surface area contributed by atoms with Crippen LogP contribution >= 0.6 is 0 Å². The fraction of sp³-hybridized carbons (Fsp3) is 0.395. The van der Waals surface area contributed by atoms with E-state index in [1.54, 1.807) is 126 Å². The third-order valence-corrected chi connectivity index (χ3v) is 9.62. The average Bonchev–Trinajstić information content (AvgIpc) is 3.14. The van der Waals surface area contributed by atoms with E-state index in [0.717, 1.165) is 0 Å². The third kappa shape index (κ3) is 8.95. The Morgan fingerprint density at radius 1 is 0.472 bits per heavy atom. The first-order chi connectivity index (χ1) is 24.9. The van der Waals surface area contributed by atoms with Gasteiger partial charge in [-0.15, -0.1) is 0 Å². The predicted molar refractivity (Wildman–Crippen MR) is 205 cm³/mol. The van der Waals surface area contributed by atoms with Crippen molar-refractivity contribution in [3.8, 4) is 23.0 Å². The highest BCUT2D eigenvalue weighted by Crippen LogP contribution is 2.43. The van der Waals surface area contributed by atoms with E-state index < -0.39 is 52.4 Å². The number of ether oxygens (including phenoxy) is 4. The van der Waals surface area contributed by atoms with E-state index in [9.17, 15) is 19.8 Å². The number of hydrogen-bond donors (Lipinski definition) is 4. The number of benzene rings is 4. The fourth-order valence-electron chi connectivity index (χ4n) is 6.85. The molecule has 0 radical (unpaired) electrons. The number of methoxy groups -OCH3 is 4. The maximum Gasteiger partial charge on any atom is 0.229 e. The van der Waals surface area contributed by atoms with Crippen molar-refractivity contribution in [1.82, 2.24) is 10.6 Å². The molecule has 0 bridgehead atoms. The summed E-state index contributed by atoms with van der Waals surface area (Å²) in [5.74, 6) is 1.22. The van der Waals surface area contributed by atoms with Crippen molar-refractivity contribution >= 4 is 11.8 Å². The van der Waals surface area contributed by atoms with Crippen molar-refractivity contribution < 1.29 is 38.7 Å². The van der Waals surface area contributed by atoms with Crippen LogP contribution in [0.2, 0.25) is 0 Å². The first-order valence-corrected chi connectivity index (χ1v) is 17.5. The first kappa shape index (κ1) is 40.7. The molecule has 0 fully saturated rings. The number of aliphatic hydroxyl groups is 2. The summed E-state index contributed by atoms with van der Waals surface area (Å²) in [4.78, 5) is 27.9. The van der Waals surface area contributed by atoms with Crippen LogP contribution in [0.3, 0.4) is 0 Å². The number of carbonyl (C=O) groups is 2. The Labute approximate surface area is 313 Å². The molecule has 0 aliphatic heterocycles. The summed E-state index contributed by atoms with van der Waals surface area (Å²) in [6.07, 6.45) is -0.568. The fourth-order valence-corrected chi connectivity index (χ4v) is 6.85. The van der Waals surface area contributed by atoms with Gasteiger partial charge in [-0.1, -0.05) is 90.1 Å². The van der Waals surface area contributed by atoms with Crippen molar-refractivity contribution in [2.24, 2.45) is 10.8 Å². The van der Waals surface area contributed by atoms with E-state index in [2.05, 4.69) is 10.6 Å². The van der Waals surface area contributed by atoms with Gasteiger partial charge in [-0.25, -0.2) is 0 Å². The van der Waals surface area contributed by atoms with Crippen molar-refractivity contribution in [2.75, 3.05) is 28.4 Å². The van der Waals surface area contributed by atoms with Crippen LogP contribution in [0.15, 0.2) is 97.1 Å². The summed E-state index contributed by atoms with van der Waals surface area (Å²) in [6.45, 7) is 11.5. The molecule has 0 spiro atoms. The van der Waals surface area contributed by atoms with Gasteiger partial charge in [0, 0.05) is 0 Å². The largest absolute Gasteiger partial charge is 0.497 e. The van der Waals surface area contributed by atoms with E-state index in [1.807, 2.05) is 41.5 Å². The van der Waals surface area contributed by atoms with Crippen LogP contribution in [0.25, 0.3) is 0 Å². The van der Waals surface area contributed by atoms with Crippen LogP contribution in [0, 0.1) is 10.8 Å². The Morgan fingerprint density at radius 3 is 0.849 bits per heavy atom. The van der Waals surface area contributed by atoms with Gasteiger partial charge in [0.1, 0.15) is 40.6 Å². The zero-order valence-electron chi connectivity index (χ0n) is 32.4. The highest BCUT2D eigenvalue weighted by atomic mass is 16.5. The first-order valence-electron chi connectivity index (χ1n) is 17.5. The molecule has 4 N–H and O–H groups in total. The lowest BCUT2D eigenvalue weighted by molar-refractivity contribution is -0.134. The summed E-state index contributed by atoms with van der Waals surface area (Å²) in [6, 6.07) is 26.2. The van der Waals surface area contributed by atoms with Gasteiger partial charge < -0.3 is 39.8 Å². The van der Waals surface area contributed by atoms with Crippen LogP contribution in [0.5, 0.6) is 23.0 Å². The van der Waals surface area contributed by atoms with E-state index in [1.165, 1.54) is 0 Å². The lowest BCUT2D eigenvalue weighted by atomic mass is 9.69. The minimum absolute atomic E-state index is 0.519. The van der Waals surface area contributed by atoms with Gasteiger partial charge in [-0.2, -0.15) is 0 Å². The monoisotopic (exact) mass is 726 g/mol. The molecule has 0 saturated heterocycles. The SMILES string of the molecule is COc1ccc(C(O)(c2ccc(OC)cc2)[C@H](NC(=O)CC(=O)N[C@H](C(C)(C)C)C(O)(c2ccc(OC)cc2)c2ccc(OC)cc2)C(C)(C)C)cc1. The van der Waals surface area contributed by atoms with Gasteiger partial charge in [0.05, 0.1) is 40.5 Å². The zero-order chi connectivity index (χ0) is 39.2. The molecule has 0 heterocycles. The molecule has 284 valence electrons. The molecule has 2 atom stereocenters. The van der Waals surface area contributed by atoms with Crippen LogP contribution in [-0.4, -0.2) is 62.6 Å². The Balaban J connectivity index is 1.71. The zero-order valence-corrected chi connectivity index (χ0v) is 32.4. The van der Waals surface area contributed by atoms with Gasteiger partial charge in [0.25, 0.3) is 0 Å². The summed E-state index contributed by atoms with van der Waals surface area (Å²) in [5.41, 5.74) is -2.82. The average molecular weight is 727 g/mol. The Hall–Kier alpha value is -5.06. The molecule has 0 aliphatic carbocycles. The standard InChI is InChI=1S/C43H54N2O8/c1-40(2,3)38(42(48,28-11-19-32(50-7)20-12-28)29-13-21-33(51-8)22-14-29)44-36(46)27-37(47)45-39(41(4,5)6)43(49,30-15-23-34(52-9)24-16-30)31-17-25-35(53-10)26-18-31/h11-26,38-39,48-49H,27H2,1-10H3,(H,44,46)(H,45,47)/t38-,39-/m1/s1.